The molecule has 130 valence electrons. The monoisotopic (exact) mass is 349 g/mol. The number of sulfonamides is 1. The lowest BCUT2D eigenvalue weighted by Gasteiger charge is -2.14. The summed E-state index contributed by atoms with van der Waals surface area (Å²) in [6.45, 7) is 6.21. The van der Waals surface area contributed by atoms with Gasteiger partial charge in [0.15, 0.2) is 0 Å². The van der Waals surface area contributed by atoms with Crippen LogP contribution in [0, 0.1) is 13.8 Å². The third-order valence-corrected chi connectivity index (χ3v) is 5.32. The molecular formula is C18H23NO4S. The van der Waals surface area contributed by atoms with E-state index < -0.39 is 10.0 Å². The molecule has 0 aromatic heterocycles. The molecule has 2 rings (SSSR count). The third kappa shape index (κ3) is 4.27. The number of benzene rings is 2. The van der Waals surface area contributed by atoms with Crippen molar-refractivity contribution in [1.82, 2.24) is 4.72 Å². The summed E-state index contributed by atoms with van der Waals surface area (Å²) in [7, 11) is -2.05. The summed E-state index contributed by atoms with van der Waals surface area (Å²) in [4.78, 5) is 0.296. The smallest absolute Gasteiger partial charge is 0.241 e. The Kier molecular flexibility index (Phi) is 5.85. The van der Waals surface area contributed by atoms with E-state index in [1.54, 1.807) is 33.1 Å². The van der Waals surface area contributed by atoms with Crippen molar-refractivity contribution in [2.24, 2.45) is 0 Å². The quantitative estimate of drug-likeness (QED) is 0.834. The molecule has 2 aromatic rings. The van der Waals surface area contributed by atoms with E-state index in [0.29, 0.717) is 28.4 Å². The minimum atomic E-state index is -3.62. The van der Waals surface area contributed by atoms with Crippen LogP contribution in [-0.2, 0) is 16.6 Å². The van der Waals surface area contributed by atoms with Crippen molar-refractivity contribution < 1.29 is 17.9 Å². The lowest BCUT2D eigenvalue weighted by molar-refractivity contribution is 0.340. The number of rotatable bonds is 7. The molecule has 0 aliphatic heterocycles. The molecule has 0 atom stereocenters. The highest BCUT2D eigenvalue weighted by atomic mass is 32.2. The van der Waals surface area contributed by atoms with Gasteiger partial charge in [-0.05, 0) is 61.7 Å². The van der Waals surface area contributed by atoms with Gasteiger partial charge in [-0.3, -0.25) is 0 Å². The van der Waals surface area contributed by atoms with Gasteiger partial charge in [-0.25, -0.2) is 13.1 Å². The number of methoxy groups -OCH3 is 1. The van der Waals surface area contributed by atoms with Crippen LogP contribution in [0.1, 0.15) is 23.6 Å². The molecule has 5 nitrogen and oxygen atoms in total. The van der Waals surface area contributed by atoms with Crippen LogP contribution in [0.2, 0.25) is 0 Å². The van der Waals surface area contributed by atoms with Crippen LogP contribution in [0.25, 0.3) is 0 Å². The van der Waals surface area contributed by atoms with Crippen LogP contribution in [-0.4, -0.2) is 22.1 Å². The summed E-state index contributed by atoms with van der Waals surface area (Å²) in [6.07, 6.45) is 0. The van der Waals surface area contributed by atoms with Crippen molar-refractivity contribution in [1.29, 1.82) is 0 Å². The second kappa shape index (κ2) is 7.68. The Morgan fingerprint density at radius 1 is 1.04 bits per heavy atom. The Labute approximate surface area is 143 Å². The van der Waals surface area contributed by atoms with Crippen LogP contribution in [0.15, 0.2) is 41.3 Å². The molecule has 6 heteroatoms. The fraction of sp³-hybridized carbons (Fsp3) is 0.333. The number of hydrogen-bond acceptors (Lipinski definition) is 4. The minimum absolute atomic E-state index is 0.203. The molecule has 24 heavy (non-hydrogen) atoms. The first kappa shape index (κ1) is 18.3. The molecule has 0 saturated heterocycles. The van der Waals surface area contributed by atoms with E-state index in [1.165, 1.54) is 0 Å². The zero-order valence-corrected chi connectivity index (χ0v) is 15.2. The first-order valence-electron chi connectivity index (χ1n) is 7.74. The van der Waals surface area contributed by atoms with Crippen LogP contribution in [0.3, 0.4) is 0 Å². The number of aryl methyl sites for hydroxylation is 2. The summed E-state index contributed by atoms with van der Waals surface area (Å²) in [5.74, 6) is 1.37. The summed E-state index contributed by atoms with van der Waals surface area (Å²) in [5.41, 5.74) is 2.15. The van der Waals surface area contributed by atoms with Crippen molar-refractivity contribution >= 4 is 10.0 Å². The molecule has 0 saturated carbocycles. The molecule has 0 spiro atoms. The fourth-order valence-electron chi connectivity index (χ4n) is 2.61. The van der Waals surface area contributed by atoms with Crippen LogP contribution in [0.4, 0.5) is 0 Å². The summed E-state index contributed by atoms with van der Waals surface area (Å²) in [5, 5.41) is 0. The molecular weight excluding hydrogens is 326 g/mol. The van der Waals surface area contributed by atoms with Gasteiger partial charge in [0.1, 0.15) is 11.5 Å². The van der Waals surface area contributed by atoms with Gasteiger partial charge in [0.25, 0.3) is 0 Å². The van der Waals surface area contributed by atoms with E-state index in [2.05, 4.69) is 4.72 Å². The summed E-state index contributed by atoms with van der Waals surface area (Å²) < 4.78 is 38.6. The molecule has 2 aromatic carbocycles. The Morgan fingerprint density at radius 2 is 1.71 bits per heavy atom. The third-order valence-electron chi connectivity index (χ3n) is 3.61. The Hall–Kier alpha value is -2.05. The van der Waals surface area contributed by atoms with Crippen molar-refractivity contribution in [2.75, 3.05) is 13.7 Å². The van der Waals surface area contributed by atoms with Gasteiger partial charge in [0, 0.05) is 6.54 Å². The van der Waals surface area contributed by atoms with Gasteiger partial charge >= 0.3 is 0 Å². The number of nitrogens with one attached hydrogen (secondary N) is 1. The van der Waals surface area contributed by atoms with Gasteiger partial charge in [-0.15, -0.1) is 0 Å². The highest BCUT2D eigenvalue weighted by Gasteiger charge is 2.20. The maximum Gasteiger partial charge on any atom is 0.241 e. The van der Waals surface area contributed by atoms with Gasteiger partial charge in [-0.2, -0.15) is 0 Å². The molecule has 0 aliphatic rings. The molecule has 0 radical (unpaired) electrons. The minimum Gasteiger partial charge on any atom is -0.497 e. The Morgan fingerprint density at radius 3 is 2.29 bits per heavy atom. The average Bonchev–Trinajstić information content (AvgIpc) is 2.53. The van der Waals surface area contributed by atoms with Crippen molar-refractivity contribution in [3.05, 3.63) is 53.1 Å². The molecule has 0 heterocycles. The van der Waals surface area contributed by atoms with E-state index in [-0.39, 0.29) is 6.54 Å². The zero-order valence-electron chi connectivity index (χ0n) is 14.4. The first-order chi connectivity index (χ1) is 11.4. The van der Waals surface area contributed by atoms with Crippen molar-refractivity contribution in [2.45, 2.75) is 32.2 Å². The van der Waals surface area contributed by atoms with Gasteiger partial charge < -0.3 is 9.47 Å². The highest BCUT2D eigenvalue weighted by Crippen LogP contribution is 2.25. The van der Waals surface area contributed by atoms with E-state index >= 15 is 0 Å². The molecule has 1 N–H and O–H groups in total. The average molecular weight is 349 g/mol. The largest absolute Gasteiger partial charge is 0.497 e. The lowest BCUT2D eigenvalue weighted by Crippen LogP contribution is -2.25. The van der Waals surface area contributed by atoms with Crippen LogP contribution in [0.5, 0.6) is 11.5 Å². The summed E-state index contributed by atoms with van der Waals surface area (Å²) in [6, 6.07) is 10.8. The Bertz CT molecular complexity index is 793. The fourth-order valence-corrected chi connectivity index (χ4v) is 4.08. The first-order valence-corrected chi connectivity index (χ1v) is 9.22. The number of hydrogen-bond donors (Lipinski definition) is 1. The topological polar surface area (TPSA) is 64.6 Å². The van der Waals surface area contributed by atoms with Gasteiger partial charge in [0.05, 0.1) is 18.6 Å². The van der Waals surface area contributed by atoms with Crippen molar-refractivity contribution in [3.63, 3.8) is 0 Å². The van der Waals surface area contributed by atoms with Crippen LogP contribution >= 0.6 is 0 Å². The maximum absolute atomic E-state index is 12.7. The van der Waals surface area contributed by atoms with Crippen molar-refractivity contribution in [3.8, 4) is 11.5 Å². The zero-order chi connectivity index (χ0) is 17.7. The standard InChI is InChI=1S/C18H23NO4S/c1-5-23-16-8-6-7-15(11-16)12-19-24(20,21)18-13(2)9-17(22-4)10-14(18)3/h6-11,19H,5,12H2,1-4H3. The SMILES string of the molecule is CCOc1cccc(CNS(=O)(=O)c2c(C)cc(OC)cc2C)c1. The second-order valence-electron chi connectivity index (χ2n) is 5.50. The molecule has 0 fully saturated rings. The van der Waals surface area contributed by atoms with Gasteiger partial charge in [-0.1, -0.05) is 12.1 Å². The molecule has 0 aliphatic carbocycles. The van der Waals surface area contributed by atoms with E-state index in [1.807, 2.05) is 31.2 Å². The maximum atomic E-state index is 12.7. The Balaban J connectivity index is 2.22. The lowest BCUT2D eigenvalue weighted by atomic mass is 10.1. The van der Waals surface area contributed by atoms with Gasteiger partial charge in [0.2, 0.25) is 10.0 Å². The number of ether oxygens (including phenoxy) is 2. The molecule has 0 amide bonds. The van der Waals surface area contributed by atoms with E-state index in [4.69, 9.17) is 9.47 Å². The summed E-state index contributed by atoms with van der Waals surface area (Å²) >= 11 is 0. The molecule has 0 unspecified atom stereocenters. The predicted molar refractivity (Wildman–Crippen MR) is 94.1 cm³/mol. The van der Waals surface area contributed by atoms with E-state index in [0.717, 1.165) is 11.3 Å². The predicted octanol–water partition coefficient (Wildman–Crippen LogP) is 3.19. The normalized spacial score (nSPS) is 11.3. The highest BCUT2D eigenvalue weighted by molar-refractivity contribution is 7.89. The molecule has 0 bridgehead atoms. The second-order valence-corrected chi connectivity index (χ2v) is 7.20. The van der Waals surface area contributed by atoms with E-state index in [9.17, 15) is 8.42 Å². The van der Waals surface area contributed by atoms with Crippen LogP contribution < -0.4 is 14.2 Å².